The number of hydrogen-bond acceptors (Lipinski definition) is 5. The van der Waals surface area contributed by atoms with Crippen molar-refractivity contribution in [1.29, 1.82) is 0 Å². The van der Waals surface area contributed by atoms with Gasteiger partial charge < -0.3 is 15.5 Å². The number of halogens is 1. The third kappa shape index (κ3) is 8.66. The van der Waals surface area contributed by atoms with E-state index in [1.165, 1.54) is 19.4 Å². The standard InChI is InChI=1S/C21H38N6OS.HI/c1-7-27-12-8-9-17(27)13-23-20(24-14-18(28)26(5)6)22-11-10-16-15-29-19(25-16)21(2,3)4;/h15,17H,7-14H2,1-6H3,(H2,22,23,24);1H. The molecule has 2 N–H and O–H groups in total. The molecule has 0 saturated carbocycles. The van der Waals surface area contributed by atoms with Gasteiger partial charge in [0.05, 0.1) is 10.7 Å². The van der Waals surface area contributed by atoms with Gasteiger partial charge in [-0.2, -0.15) is 0 Å². The normalized spacial score (nSPS) is 17.5. The van der Waals surface area contributed by atoms with E-state index >= 15 is 0 Å². The molecule has 0 radical (unpaired) electrons. The predicted octanol–water partition coefficient (Wildman–Crippen LogP) is 2.71. The van der Waals surface area contributed by atoms with Crippen molar-refractivity contribution < 1.29 is 4.79 Å². The van der Waals surface area contributed by atoms with E-state index in [2.05, 4.69) is 53.6 Å². The van der Waals surface area contributed by atoms with E-state index in [-0.39, 0.29) is 41.8 Å². The molecule has 1 amide bonds. The van der Waals surface area contributed by atoms with Crippen LogP contribution in [0.3, 0.4) is 0 Å². The molecule has 30 heavy (non-hydrogen) atoms. The Labute approximate surface area is 203 Å². The fourth-order valence-electron chi connectivity index (χ4n) is 3.29. The number of likely N-dealkylation sites (N-methyl/N-ethyl adjacent to an activating group) is 2. The van der Waals surface area contributed by atoms with Crippen LogP contribution < -0.4 is 10.6 Å². The number of amides is 1. The molecule has 0 bridgehead atoms. The summed E-state index contributed by atoms with van der Waals surface area (Å²) in [6.07, 6.45) is 3.29. The second-order valence-corrected chi connectivity index (χ2v) is 9.69. The van der Waals surface area contributed by atoms with Crippen molar-refractivity contribution in [3.8, 4) is 0 Å². The summed E-state index contributed by atoms with van der Waals surface area (Å²) in [6, 6.07) is 0.532. The van der Waals surface area contributed by atoms with Crippen LogP contribution in [-0.2, 0) is 16.6 Å². The minimum absolute atomic E-state index is 0. The van der Waals surface area contributed by atoms with Crippen molar-refractivity contribution in [1.82, 2.24) is 25.4 Å². The van der Waals surface area contributed by atoms with Gasteiger partial charge in [0.25, 0.3) is 0 Å². The van der Waals surface area contributed by atoms with Crippen LogP contribution in [0.2, 0.25) is 0 Å². The third-order valence-corrected chi connectivity index (χ3v) is 6.47. The molecule has 2 heterocycles. The number of aliphatic imine (C=N–C) groups is 1. The first-order valence-electron chi connectivity index (χ1n) is 10.6. The highest BCUT2D eigenvalue weighted by molar-refractivity contribution is 14.0. The van der Waals surface area contributed by atoms with E-state index in [4.69, 9.17) is 4.98 Å². The lowest BCUT2D eigenvalue weighted by Crippen LogP contribution is -2.45. The van der Waals surface area contributed by atoms with Gasteiger partial charge in [0.15, 0.2) is 5.96 Å². The van der Waals surface area contributed by atoms with Gasteiger partial charge in [-0.25, -0.2) is 9.98 Å². The van der Waals surface area contributed by atoms with Crippen LogP contribution in [0.4, 0.5) is 0 Å². The molecule has 7 nitrogen and oxygen atoms in total. The molecule has 1 aliphatic heterocycles. The first-order valence-corrected chi connectivity index (χ1v) is 11.5. The second-order valence-electron chi connectivity index (χ2n) is 8.83. The fourth-order valence-corrected chi connectivity index (χ4v) is 4.24. The van der Waals surface area contributed by atoms with Gasteiger partial charge in [-0.15, -0.1) is 35.3 Å². The van der Waals surface area contributed by atoms with Crippen LogP contribution in [0.15, 0.2) is 10.4 Å². The summed E-state index contributed by atoms with van der Waals surface area (Å²) in [4.78, 5) is 25.3. The number of carbonyl (C=O) groups is 1. The summed E-state index contributed by atoms with van der Waals surface area (Å²) in [5.74, 6) is 0.700. The monoisotopic (exact) mass is 550 g/mol. The number of thiazole rings is 1. The zero-order chi connectivity index (χ0) is 21.4. The minimum Gasteiger partial charge on any atom is -0.356 e. The Kier molecular flexibility index (Phi) is 11.6. The van der Waals surface area contributed by atoms with E-state index in [9.17, 15) is 4.79 Å². The topological polar surface area (TPSA) is 72.9 Å². The molecule has 9 heteroatoms. The van der Waals surface area contributed by atoms with E-state index in [0.717, 1.165) is 36.8 Å². The molecule has 1 saturated heterocycles. The van der Waals surface area contributed by atoms with E-state index in [1.807, 2.05) is 0 Å². The summed E-state index contributed by atoms with van der Waals surface area (Å²) < 4.78 is 0. The van der Waals surface area contributed by atoms with Crippen LogP contribution in [0, 0.1) is 0 Å². The molecule has 1 aliphatic rings. The number of carbonyl (C=O) groups excluding carboxylic acids is 1. The molecule has 1 aromatic rings. The van der Waals surface area contributed by atoms with E-state index in [0.29, 0.717) is 12.0 Å². The maximum atomic E-state index is 11.9. The molecule has 172 valence electrons. The molecule has 1 aromatic heterocycles. The van der Waals surface area contributed by atoms with Gasteiger partial charge in [-0.3, -0.25) is 9.69 Å². The minimum atomic E-state index is -0.00327. The molecule has 2 rings (SSSR count). The molecule has 1 unspecified atom stereocenters. The third-order valence-electron chi connectivity index (χ3n) is 5.15. The molecule has 0 aliphatic carbocycles. The average molecular weight is 551 g/mol. The SMILES string of the molecule is CCN1CCCC1CNC(=NCC(=O)N(C)C)NCCc1csc(C(C)(C)C)n1.I. The summed E-state index contributed by atoms with van der Waals surface area (Å²) in [6.45, 7) is 12.7. The number of hydrogen-bond donors (Lipinski definition) is 2. The van der Waals surface area contributed by atoms with Crippen molar-refractivity contribution >= 4 is 47.2 Å². The average Bonchev–Trinajstić information content (AvgIpc) is 3.31. The first-order chi connectivity index (χ1) is 13.7. The number of aromatic nitrogens is 1. The van der Waals surface area contributed by atoms with E-state index < -0.39 is 0 Å². The Morgan fingerprint density at radius 3 is 2.70 bits per heavy atom. The van der Waals surface area contributed by atoms with Crippen LogP contribution in [0.25, 0.3) is 0 Å². The van der Waals surface area contributed by atoms with Crippen molar-refractivity contribution in [2.45, 2.75) is 58.4 Å². The summed E-state index contributed by atoms with van der Waals surface area (Å²) >= 11 is 1.72. The van der Waals surface area contributed by atoms with Gasteiger partial charge in [0.2, 0.25) is 5.91 Å². The Hall–Kier alpha value is -0.940. The lowest BCUT2D eigenvalue weighted by molar-refractivity contribution is -0.127. The van der Waals surface area contributed by atoms with Crippen molar-refractivity contribution in [2.75, 3.05) is 46.8 Å². The zero-order valence-corrected chi connectivity index (χ0v) is 22.5. The molecular formula is C21H39IN6OS. The zero-order valence-electron chi connectivity index (χ0n) is 19.3. The van der Waals surface area contributed by atoms with E-state index in [1.54, 1.807) is 30.3 Å². The lowest BCUT2D eigenvalue weighted by Gasteiger charge is -2.24. The highest BCUT2D eigenvalue weighted by Gasteiger charge is 2.23. The first kappa shape index (κ1) is 27.1. The fraction of sp³-hybridized carbons (Fsp3) is 0.762. The largest absolute Gasteiger partial charge is 0.356 e. The predicted molar refractivity (Wildman–Crippen MR) is 137 cm³/mol. The lowest BCUT2D eigenvalue weighted by atomic mass is 9.98. The van der Waals surface area contributed by atoms with Crippen molar-refractivity contribution in [2.24, 2.45) is 4.99 Å². The van der Waals surface area contributed by atoms with Crippen LogP contribution in [0.1, 0.15) is 51.2 Å². The number of rotatable bonds is 8. The highest BCUT2D eigenvalue weighted by atomic mass is 127. The van der Waals surface area contributed by atoms with Gasteiger partial charge in [-0.05, 0) is 25.9 Å². The van der Waals surface area contributed by atoms with Crippen LogP contribution >= 0.6 is 35.3 Å². The number of nitrogens with zero attached hydrogens (tertiary/aromatic N) is 4. The summed E-state index contributed by atoms with van der Waals surface area (Å²) in [5.41, 5.74) is 1.19. The van der Waals surface area contributed by atoms with Crippen molar-refractivity contribution in [3.63, 3.8) is 0 Å². The van der Waals surface area contributed by atoms with Crippen LogP contribution in [-0.4, -0.2) is 79.5 Å². The second kappa shape index (κ2) is 12.8. The van der Waals surface area contributed by atoms with Gasteiger partial charge in [-0.1, -0.05) is 27.7 Å². The number of likely N-dealkylation sites (tertiary alicyclic amines) is 1. The van der Waals surface area contributed by atoms with Crippen molar-refractivity contribution in [3.05, 3.63) is 16.1 Å². The molecule has 1 fully saturated rings. The Morgan fingerprint density at radius 2 is 2.10 bits per heavy atom. The molecule has 1 atom stereocenters. The van der Waals surface area contributed by atoms with Gasteiger partial charge in [0.1, 0.15) is 6.54 Å². The maximum absolute atomic E-state index is 11.9. The molecule has 0 aromatic carbocycles. The van der Waals surface area contributed by atoms with Gasteiger partial charge in [0, 0.05) is 50.4 Å². The van der Waals surface area contributed by atoms with Crippen LogP contribution in [0.5, 0.6) is 0 Å². The Morgan fingerprint density at radius 1 is 1.37 bits per heavy atom. The number of nitrogens with one attached hydrogen (secondary N) is 2. The van der Waals surface area contributed by atoms with Gasteiger partial charge >= 0.3 is 0 Å². The molecule has 0 spiro atoms. The molecular weight excluding hydrogens is 511 g/mol. The highest BCUT2D eigenvalue weighted by Crippen LogP contribution is 2.25. The summed E-state index contributed by atoms with van der Waals surface area (Å²) in [5, 5.41) is 10.1. The smallest absolute Gasteiger partial charge is 0.243 e. The quantitative estimate of drug-likeness (QED) is 0.296. The number of guanidine groups is 1. The summed E-state index contributed by atoms with van der Waals surface area (Å²) in [7, 11) is 3.51. The Bertz CT molecular complexity index is 685. The Balaban J connectivity index is 0.00000450. The maximum Gasteiger partial charge on any atom is 0.243 e.